The molecule has 140 valence electrons. The Labute approximate surface area is 159 Å². The van der Waals surface area contributed by atoms with Crippen LogP contribution in [0.15, 0.2) is 48.5 Å². The minimum atomic E-state index is -0.586. The minimum Gasteiger partial charge on any atom is -0.351 e. The van der Waals surface area contributed by atoms with E-state index in [1.807, 2.05) is 24.3 Å². The maximum atomic E-state index is 11.4. The van der Waals surface area contributed by atoms with Crippen LogP contribution in [-0.2, 0) is 4.79 Å². The fourth-order valence-corrected chi connectivity index (χ4v) is 3.58. The highest BCUT2D eigenvalue weighted by Gasteiger charge is 2.42. The first-order chi connectivity index (χ1) is 13.1. The molecule has 2 aliphatic rings. The van der Waals surface area contributed by atoms with E-state index >= 15 is 0 Å². The number of carbonyl (C=O) groups excluding carboxylic acids is 2. The first kappa shape index (κ1) is 17.7. The van der Waals surface area contributed by atoms with Gasteiger partial charge in [0.25, 0.3) is 0 Å². The summed E-state index contributed by atoms with van der Waals surface area (Å²) in [7, 11) is 0. The van der Waals surface area contributed by atoms with Crippen molar-refractivity contribution >= 4 is 18.0 Å². The van der Waals surface area contributed by atoms with Crippen LogP contribution in [0.25, 0.3) is 0 Å². The quantitative estimate of drug-likeness (QED) is 0.625. The number of rotatable bonds is 8. The Morgan fingerprint density at radius 3 is 2.44 bits per heavy atom. The van der Waals surface area contributed by atoms with Crippen LogP contribution in [0, 0.1) is 5.41 Å². The van der Waals surface area contributed by atoms with Crippen LogP contribution in [0.1, 0.15) is 54.3 Å². The van der Waals surface area contributed by atoms with Crippen LogP contribution < -0.4 is 16.4 Å². The first-order valence-electron chi connectivity index (χ1n) is 9.55. The summed E-state index contributed by atoms with van der Waals surface area (Å²) in [6.07, 6.45) is 5.47. The summed E-state index contributed by atoms with van der Waals surface area (Å²) in [6, 6.07) is 15.6. The second-order valence-electron chi connectivity index (χ2n) is 7.81. The monoisotopic (exact) mass is 363 g/mol. The van der Waals surface area contributed by atoms with E-state index in [-0.39, 0.29) is 11.5 Å². The third-order valence-corrected chi connectivity index (χ3v) is 5.65. The number of anilines is 1. The predicted molar refractivity (Wildman–Crippen MR) is 106 cm³/mol. The van der Waals surface area contributed by atoms with Crippen LogP contribution >= 0.6 is 0 Å². The molecule has 0 unspecified atom stereocenters. The van der Waals surface area contributed by atoms with E-state index in [0.717, 1.165) is 30.3 Å². The summed E-state index contributed by atoms with van der Waals surface area (Å²) in [4.78, 5) is 22.8. The van der Waals surface area contributed by atoms with E-state index in [1.54, 1.807) is 0 Å². The normalized spacial score (nSPS) is 18.5. The molecule has 2 amide bonds. The number of para-hydroxylation sites is 1. The molecule has 2 aromatic carbocycles. The molecule has 1 atom stereocenters. The molecule has 0 saturated heterocycles. The SMILES string of the molecule is NC(=O)Nc1ccccc1[C@H](NCC1(C=O)CC1)c1ccc(C2CC2)cc1. The van der Waals surface area contributed by atoms with Crippen molar-refractivity contribution in [2.24, 2.45) is 11.1 Å². The van der Waals surface area contributed by atoms with Crippen molar-refractivity contribution in [3.63, 3.8) is 0 Å². The third kappa shape index (κ3) is 4.03. The Kier molecular flexibility index (Phi) is 4.70. The lowest BCUT2D eigenvalue weighted by Gasteiger charge is -2.24. The largest absolute Gasteiger partial charge is 0.351 e. The first-order valence-corrected chi connectivity index (χ1v) is 9.55. The molecule has 4 rings (SSSR count). The molecule has 2 fully saturated rings. The lowest BCUT2D eigenvalue weighted by molar-refractivity contribution is -0.112. The number of nitrogens with one attached hydrogen (secondary N) is 2. The fourth-order valence-electron chi connectivity index (χ4n) is 3.58. The summed E-state index contributed by atoms with van der Waals surface area (Å²) >= 11 is 0. The van der Waals surface area contributed by atoms with Crippen molar-refractivity contribution in [1.29, 1.82) is 0 Å². The predicted octanol–water partition coefficient (Wildman–Crippen LogP) is 3.71. The Morgan fingerprint density at radius 2 is 1.85 bits per heavy atom. The number of hydrogen-bond acceptors (Lipinski definition) is 3. The number of carbonyl (C=O) groups is 2. The van der Waals surface area contributed by atoms with Gasteiger partial charge < -0.3 is 21.2 Å². The highest BCUT2D eigenvalue weighted by molar-refractivity contribution is 5.89. The lowest BCUT2D eigenvalue weighted by Crippen LogP contribution is -2.31. The molecule has 2 aromatic rings. The minimum absolute atomic E-state index is 0.126. The molecule has 2 aliphatic carbocycles. The topological polar surface area (TPSA) is 84.2 Å². The van der Waals surface area contributed by atoms with Crippen molar-refractivity contribution < 1.29 is 9.59 Å². The highest BCUT2D eigenvalue weighted by Crippen LogP contribution is 2.44. The number of amides is 2. The van der Waals surface area contributed by atoms with Crippen LogP contribution in [-0.4, -0.2) is 18.9 Å². The molecule has 4 N–H and O–H groups in total. The summed E-state index contributed by atoms with van der Waals surface area (Å²) in [6.45, 7) is 0.621. The Balaban J connectivity index is 1.65. The highest BCUT2D eigenvalue weighted by atomic mass is 16.2. The number of aldehydes is 1. The smallest absolute Gasteiger partial charge is 0.316 e. The third-order valence-electron chi connectivity index (χ3n) is 5.65. The number of urea groups is 1. The van der Waals surface area contributed by atoms with Crippen LogP contribution in [0.2, 0.25) is 0 Å². The number of nitrogens with two attached hydrogens (primary N) is 1. The van der Waals surface area contributed by atoms with Gasteiger partial charge in [-0.25, -0.2) is 4.79 Å². The molecule has 0 aliphatic heterocycles. The Hall–Kier alpha value is -2.66. The van der Waals surface area contributed by atoms with Gasteiger partial charge >= 0.3 is 6.03 Å². The van der Waals surface area contributed by atoms with E-state index in [0.29, 0.717) is 18.2 Å². The van der Waals surface area contributed by atoms with Crippen molar-refractivity contribution in [1.82, 2.24) is 5.32 Å². The summed E-state index contributed by atoms with van der Waals surface area (Å²) < 4.78 is 0. The van der Waals surface area contributed by atoms with Crippen LogP contribution in [0.3, 0.4) is 0 Å². The van der Waals surface area contributed by atoms with Gasteiger partial charge in [0.05, 0.1) is 6.04 Å². The molecule has 2 saturated carbocycles. The van der Waals surface area contributed by atoms with Crippen molar-refractivity contribution in [2.75, 3.05) is 11.9 Å². The Bertz CT molecular complexity index is 839. The average Bonchev–Trinajstić information content (AvgIpc) is 3.58. The van der Waals surface area contributed by atoms with Crippen LogP contribution in [0.5, 0.6) is 0 Å². The van der Waals surface area contributed by atoms with E-state index in [9.17, 15) is 9.59 Å². The van der Waals surface area contributed by atoms with Crippen molar-refractivity contribution in [3.05, 3.63) is 65.2 Å². The van der Waals surface area contributed by atoms with E-state index in [1.165, 1.54) is 18.4 Å². The van der Waals surface area contributed by atoms with Gasteiger partial charge in [-0.15, -0.1) is 0 Å². The number of hydrogen-bond donors (Lipinski definition) is 3. The van der Waals surface area contributed by atoms with E-state index in [2.05, 4.69) is 34.9 Å². The van der Waals surface area contributed by atoms with Gasteiger partial charge in [0.2, 0.25) is 0 Å². The molecule has 0 aromatic heterocycles. The second kappa shape index (κ2) is 7.16. The van der Waals surface area contributed by atoms with Gasteiger partial charge in [-0.3, -0.25) is 0 Å². The summed E-state index contributed by atoms with van der Waals surface area (Å²) in [5.74, 6) is 0.707. The summed E-state index contributed by atoms with van der Waals surface area (Å²) in [5.41, 5.74) is 9.23. The zero-order valence-electron chi connectivity index (χ0n) is 15.3. The van der Waals surface area contributed by atoms with Crippen molar-refractivity contribution in [2.45, 2.75) is 37.6 Å². The summed E-state index contributed by atoms with van der Waals surface area (Å²) in [5, 5.41) is 6.28. The van der Waals surface area contributed by atoms with Gasteiger partial charge in [0, 0.05) is 17.6 Å². The molecule has 0 bridgehead atoms. The number of primary amides is 1. The Morgan fingerprint density at radius 1 is 1.15 bits per heavy atom. The lowest BCUT2D eigenvalue weighted by atomic mass is 9.94. The zero-order valence-corrected chi connectivity index (χ0v) is 15.3. The van der Waals surface area contributed by atoms with E-state index in [4.69, 9.17) is 5.73 Å². The van der Waals surface area contributed by atoms with Gasteiger partial charge in [0.15, 0.2) is 0 Å². The van der Waals surface area contributed by atoms with E-state index < -0.39 is 6.03 Å². The molecular formula is C22H25N3O2. The van der Waals surface area contributed by atoms with Gasteiger partial charge in [0.1, 0.15) is 6.29 Å². The van der Waals surface area contributed by atoms with Gasteiger partial charge in [-0.1, -0.05) is 42.5 Å². The fraction of sp³-hybridized carbons (Fsp3) is 0.364. The maximum absolute atomic E-state index is 11.4. The molecule has 0 heterocycles. The van der Waals surface area contributed by atoms with Gasteiger partial charge in [-0.2, -0.15) is 0 Å². The van der Waals surface area contributed by atoms with Crippen molar-refractivity contribution in [3.8, 4) is 0 Å². The molecule has 5 nitrogen and oxygen atoms in total. The zero-order chi connectivity index (χ0) is 18.9. The standard InChI is InChI=1S/C22H25N3O2/c23-21(27)25-19-4-2-1-3-18(19)20(24-13-22(14-26)11-12-22)17-9-7-16(8-10-17)15-5-6-15/h1-4,7-10,14-15,20,24H,5-6,11-13H2,(H3,23,25,27)/t20-/m1/s1. The van der Waals surface area contributed by atoms with Gasteiger partial charge in [-0.05, 0) is 54.4 Å². The molecule has 0 radical (unpaired) electrons. The molecular weight excluding hydrogens is 338 g/mol. The molecule has 5 heteroatoms. The van der Waals surface area contributed by atoms with Crippen LogP contribution in [0.4, 0.5) is 10.5 Å². The molecule has 27 heavy (non-hydrogen) atoms. The molecule has 0 spiro atoms. The maximum Gasteiger partial charge on any atom is 0.316 e. The average molecular weight is 363 g/mol. The number of benzene rings is 2. The second-order valence-corrected chi connectivity index (χ2v) is 7.81.